The number of sulfonamides is 1. The lowest BCUT2D eigenvalue weighted by Gasteiger charge is -2.30. The van der Waals surface area contributed by atoms with Crippen molar-refractivity contribution in [3.63, 3.8) is 0 Å². The molecule has 7 N–H and O–H groups in total. The van der Waals surface area contributed by atoms with Crippen LogP contribution in [0.25, 0.3) is 33.4 Å². The summed E-state index contributed by atoms with van der Waals surface area (Å²) in [5.74, 6) is 0.0419. The fourth-order valence-corrected chi connectivity index (χ4v) is 11.5. The Hall–Kier alpha value is -6.36. The largest absolute Gasteiger partial charge is 0.755 e. The molecule has 4 amide bonds. The van der Waals surface area contributed by atoms with E-state index in [-0.39, 0.29) is 80.2 Å². The number of anilines is 5. The maximum atomic E-state index is 14.7. The lowest BCUT2D eigenvalue weighted by atomic mass is 9.93. The third kappa shape index (κ3) is 12.8. The smallest absolute Gasteiger partial charge is 0.319 e. The van der Waals surface area contributed by atoms with Gasteiger partial charge in [-0.2, -0.15) is 8.42 Å². The van der Waals surface area contributed by atoms with Crippen LogP contribution in [-0.2, 0) is 31.4 Å². The molecule has 0 saturated heterocycles. The van der Waals surface area contributed by atoms with Crippen molar-refractivity contribution < 1.29 is 44.2 Å². The summed E-state index contributed by atoms with van der Waals surface area (Å²) in [6.07, 6.45) is 2.27. The van der Waals surface area contributed by atoms with Gasteiger partial charge in [-0.1, -0.05) is 57.0 Å². The number of carbonyl (C=O) groups excluding carboxylic acids is 2. The Morgan fingerprint density at radius 2 is 1.32 bits per heavy atom. The van der Waals surface area contributed by atoms with Crippen molar-refractivity contribution in [2.24, 2.45) is 4.99 Å². The molecule has 21 heteroatoms. The van der Waals surface area contributed by atoms with Gasteiger partial charge < -0.3 is 39.9 Å². The van der Waals surface area contributed by atoms with Gasteiger partial charge in [0.2, 0.25) is 10.0 Å². The zero-order valence-corrected chi connectivity index (χ0v) is 46.4. The van der Waals surface area contributed by atoms with Crippen molar-refractivity contribution in [2.45, 2.75) is 131 Å². The second-order valence-corrected chi connectivity index (χ2v) is 23.0. The van der Waals surface area contributed by atoms with Crippen LogP contribution in [0.5, 0.6) is 0 Å². The van der Waals surface area contributed by atoms with Crippen molar-refractivity contribution in [2.75, 3.05) is 33.3 Å². The number of nitrogens with zero attached hydrogens (tertiary/aromatic N) is 2. The second kappa shape index (κ2) is 23.5. The van der Waals surface area contributed by atoms with Crippen LogP contribution in [0.2, 0.25) is 0 Å². The number of hydrogen-bond acceptors (Lipinski definition) is 11. The summed E-state index contributed by atoms with van der Waals surface area (Å²) in [7, 11) is -9.38. The van der Waals surface area contributed by atoms with E-state index in [4.69, 9.17) is 9.41 Å². The standard InChI is InChI=1S/C53H68N8O10S3/c1-13-15-21-54-73(66,67)46-26-39-44(28-41(46)58-49-32(8)24-34(10)51(36(49)12)60-53(63)56-30(5)6)71-43-27-40(57-48-31(7)23-33(9)50(35(48)11)59-52(62)55-29(3)4)42(61(72(64)65)22-16-14-2)25-38(43)47(39)37-19-17-18-20-45(37)74(68,69)70/h17-20,23-30,54,57H,13-16,21-22H2,1-12H3,(H,64,65)(H2,55,59,62)(H2,56,60,63)(H,68,69,70)/p-1. The first kappa shape index (κ1) is 56.9. The van der Waals surface area contributed by atoms with Gasteiger partial charge in [-0.25, -0.2) is 27.7 Å². The second-order valence-electron chi connectivity index (χ2n) is 19.0. The Morgan fingerprint density at radius 3 is 1.91 bits per heavy atom. The third-order valence-corrected chi connectivity index (χ3v) is 15.5. The van der Waals surface area contributed by atoms with E-state index in [0.717, 1.165) is 16.7 Å². The van der Waals surface area contributed by atoms with E-state index < -0.39 is 48.4 Å². The minimum absolute atomic E-state index is 0.0379. The Kier molecular flexibility index (Phi) is 18.0. The number of nitrogens with one attached hydrogen (secondary N) is 6. The molecule has 1 unspecified atom stereocenters. The average molecular weight is 1070 g/mol. The number of rotatable bonds is 19. The molecule has 6 rings (SSSR count). The zero-order chi connectivity index (χ0) is 54.6. The molecule has 74 heavy (non-hydrogen) atoms. The molecule has 398 valence electrons. The minimum atomic E-state index is -4.96. The van der Waals surface area contributed by atoms with Crippen molar-refractivity contribution >= 4 is 88.6 Å². The van der Waals surface area contributed by atoms with Crippen LogP contribution in [0.4, 0.5) is 43.7 Å². The van der Waals surface area contributed by atoms with Crippen LogP contribution in [-0.4, -0.2) is 67.4 Å². The summed E-state index contributed by atoms with van der Waals surface area (Å²) in [4.78, 5) is 30.3. The number of benzene rings is 5. The van der Waals surface area contributed by atoms with E-state index >= 15 is 0 Å². The average Bonchev–Trinajstić information content (AvgIpc) is 3.30. The summed E-state index contributed by atoms with van der Waals surface area (Å²) in [6.45, 7) is 22.3. The van der Waals surface area contributed by atoms with Crippen LogP contribution in [0.1, 0.15) is 101 Å². The van der Waals surface area contributed by atoms with E-state index in [2.05, 4.69) is 31.3 Å². The Bertz CT molecular complexity index is 3430. The van der Waals surface area contributed by atoms with Gasteiger partial charge in [-0.05, 0) is 134 Å². The molecule has 0 radical (unpaired) electrons. The normalized spacial score (nSPS) is 12.7. The monoisotopic (exact) mass is 1070 g/mol. The maximum absolute atomic E-state index is 14.7. The summed E-state index contributed by atoms with van der Waals surface area (Å²) < 4.78 is 104. The Morgan fingerprint density at radius 1 is 0.743 bits per heavy atom. The molecular weight excluding hydrogens is 1000 g/mol. The van der Waals surface area contributed by atoms with Crippen molar-refractivity contribution in [3.8, 4) is 22.5 Å². The van der Waals surface area contributed by atoms with E-state index in [1.54, 1.807) is 19.1 Å². The molecule has 0 bridgehead atoms. The lowest BCUT2D eigenvalue weighted by Crippen LogP contribution is -2.34. The van der Waals surface area contributed by atoms with E-state index in [9.17, 15) is 39.7 Å². The first-order chi connectivity index (χ1) is 34.8. The van der Waals surface area contributed by atoms with Crippen molar-refractivity contribution in [3.05, 3.63) is 99.4 Å². The lowest BCUT2D eigenvalue weighted by molar-refractivity contribution is 0.249. The summed E-state index contributed by atoms with van der Waals surface area (Å²) in [6, 6.07) is 14.1. The molecular formula is C53H67N8O10S3-. The summed E-state index contributed by atoms with van der Waals surface area (Å²) >= 11 is -2.87. The summed E-state index contributed by atoms with van der Waals surface area (Å²) in [5, 5.41) is 15.1. The number of fused-ring (bicyclic) bond motifs is 2. The van der Waals surface area contributed by atoms with E-state index in [0.29, 0.717) is 65.1 Å². The molecule has 1 heterocycles. The first-order valence-electron chi connectivity index (χ1n) is 24.5. The first-order valence-corrected chi connectivity index (χ1v) is 28.4. The molecule has 1 aliphatic heterocycles. The fourth-order valence-electron chi connectivity index (χ4n) is 8.96. The molecule has 2 aliphatic rings. The number of aryl methyl sites for hydroxylation is 4. The molecule has 0 saturated carbocycles. The van der Waals surface area contributed by atoms with Gasteiger partial charge in [0.15, 0.2) is 0 Å². The van der Waals surface area contributed by atoms with Gasteiger partial charge in [0.05, 0.1) is 33.8 Å². The van der Waals surface area contributed by atoms with Crippen molar-refractivity contribution in [1.82, 2.24) is 15.4 Å². The number of amides is 4. The molecule has 1 aliphatic carbocycles. The highest BCUT2D eigenvalue weighted by Gasteiger charge is 2.29. The van der Waals surface area contributed by atoms with Gasteiger partial charge in [-0.3, -0.25) is 8.76 Å². The SMILES string of the molecule is CCCCNS(=O)(=O)c1cc2c(-c3ccccc3S(=O)(=O)O)c3cc(N(CCCC)S(=O)[O-])c(Nc4c(C)cc(C)c(NC(=O)NC(C)C)c4C)cc3oc-2cc1=Nc1c(C)cc(C)c(NC(=O)NC(C)C)c1C. The Balaban J connectivity index is 1.80. The molecule has 1 atom stereocenters. The van der Waals surface area contributed by atoms with Gasteiger partial charge >= 0.3 is 12.1 Å². The Labute approximate surface area is 436 Å². The molecule has 0 aromatic heterocycles. The molecule has 18 nitrogen and oxygen atoms in total. The van der Waals surface area contributed by atoms with Gasteiger partial charge in [0, 0.05) is 76.3 Å². The van der Waals surface area contributed by atoms with Crippen LogP contribution >= 0.6 is 0 Å². The molecule has 0 fully saturated rings. The maximum Gasteiger partial charge on any atom is 0.319 e. The minimum Gasteiger partial charge on any atom is -0.755 e. The topological polar surface area (TPSA) is 264 Å². The zero-order valence-electron chi connectivity index (χ0n) is 43.9. The van der Waals surface area contributed by atoms with Gasteiger partial charge in [0.25, 0.3) is 10.1 Å². The molecule has 0 spiro atoms. The van der Waals surface area contributed by atoms with Crippen LogP contribution in [0.15, 0.2) is 79.9 Å². The molecule has 4 aromatic carbocycles. The number of carbonyl (C=O) groups is 2. The predicted octanol–water partition coefficient (Wildman–Crippen LogP) is 10.8. The van der Waals surface area contributed by atoms with Crippen molar-refractivity contribution in [1.29, 1.82) is 0 Å². The van der Waals surface area contributed by atoms with Crippen LogP contribution in [0, 0.1) is 41.5 Å². The predicted molar refractivity (Wildman–Crippen MR) is 294 cm³/mol. The summed E-state index contributed by atoms with van der Waals surface area (Å²) in [5.41, 5.74) is 6.68. The van der Waals surface area contributed by atoms with E-state index in [1.165, 1.54) is 40.7 Å². The highest BCUT2D eigenvalue weighted by molar-refractivity contribution is 7.89. The highest BCUT2D eigenvalue weighted by atomic mass is 32.2. The number of hydrogen-bond donors (Lipinski definition) is 7. The molecule has 4 aromatic rings. The van der Waals surface area contributed by atoms with Gasteiger partial charge in [0.1, 0.15) is 21.1 Å². The number of unbranched alkanes of at least 4 members (excludes halogenated alkanes) is 2. The van der Waals surface area contributed by atoms with Gasteiger partial charge in [-0.15, -0.1) is 0 Å². The van der Waals surface area contributed by atoms with Crippen LogP contribution < -0.4 is 41.0 Å². The quantitative estimate of drug-likeness (QED) is 0.0174. The third-order valence-electron chi connectivity index (χ3n) is 12.3. The fraction of sp³-hybridized carbons (Fsp3) is 0.377. The highest BCUT2D eigenvalue weighted by Crippen LogP contribution is 2.47. The number of urea groups is 2. The van der Waals surface area contributed by atoms with Crippen LogP contribution in [0.3, 0.4) is 0 Å². The van der Waals surface area contributed by atoms with E-state index in [1.807, 2.05) is 88.3 Å².